The smallest absolute Gasteiger partial charge is 0.249 e. The number of nitrogens with one attached hydrogen (secondary N) is 2. The van der Waals surface area contributed by atoms with Gasteiger partial charge in [0.2, 0.25) is 11.8 Å². The molecule has 2 fully saturated rings. The van der Waals surface area contributed by atoms with Crippen LogP contribution in [0.15, 0.2) is 30.5 Å². The summed E-state index contributed by atoms with van der Waals surface area (Å²) in [6.45, 7) is 2.19. The number of aromatic amines is 1. The summed E-state index contributed by atoms with van der Waals surface area (Å²) in [5.74, 6) is 0.0170. The predicted molar refractivity (Wildman–Crippen MR) is 81.1 cm³/mol. The highest BCUT2D eigenvalue weighted by Gasteiger charge is 2.43. The summed E-state index contributed by atoms with van der Waals surface area (Å²) in [7, 11) is 0. The Labute approximate surface area is 127 Å². The maximum atomic E-state index is 12.7. The van der Waals surface area contributed by atoms with Gasteiger partial charge in [0.15, 0.2) is 6.04 Å². The number of benzene rings is 1. The Kier molecular flexibility index (Phi) is 3.11. The molecule has 4 rings (SSSR count). The van der Waals surface area contributed by atoms with Crippen LogP contribution in [0.2, 0.25) is 0 Å². The summed E-state index contributed by atoms with van der Waals surface area (Å²) in [6.07, 6.45) is 2.46. The number of hydrogen-bond donors (Lipinski definition) is 3. The Hall–Kier alpha value is -2.34. The SMILES string of the molecule is O=C1N[C@@H](Cc2c[nH]c3ccccc23)C(=O)N2CC[NH2+]C[C@@H]12. The van der Waals surface area contributed by atoms with Gasteiger partial charge in [-0.3, -0.25) is 9.59 Å². The number of aromatic nitrogens is 1. The predicted octanol–water partition coefficient (Wildman–Crippen LogP) is -1.02. The minimum Gasteiger partial charge on any atom is -0.361 e. The van der Waals surface area contributed by atoms with E-state index < -0.39 is 6.04 Å². The molecule has 2 aliphatic heterocycles. The van der Waals surface area contributed by atoms with Gasteiger partial charge in [0, 0.05) is 23.5 Å². The van der Waals surface area contributed by atoms with Crippen LogP contribution in [0, 0.1) is 0 Å². The zero-order chi connectivity index (χ0) is 15.1. The standard InChI is InChI=1S/C16H18N4O2/c21-15-14-9-17-5-6-20(14)16(22)13(19-15)7-10-8-18-12-4-2-1-3-11(10)12/h1-4,8,13-14,17-18H,5-7,9H2,(H,19,21)/p+1/t13-,14-/m0/s1. The molecule has 0 radical (unpaired) electrons. The molecule has 0 saturated carbocycles. The zero-order valence-corrected chi connectivity index (χ0v) is 12.2. The highest BCUT2D eigenvalue weighted by atomic mass is 16.2. The van der Waals surface area contributed by atoms with Gasteiger partial charge in [0.05, 0.1) is 13.1 Å². The van der Waals surface area contributed by atoms with Crippen molar-refractivity contribution in [2.45, 2.75) is 18.5 Å². The largest absolute Gasteiger partial charge is 0.361 e. The molecular formula is C16H19N4O2+. The molecule has 2 amide bonds. The fourth-order valence-electron chi connectivity index (χ4n) is 3.49. The van der Waals surface area contributed by atoms with Gasteiger partial charge in [0.1, 0.15) is 12.6 Å². The topological polar surface area (TPSA) is 81.8 Å². The second-order valence-electron chi connectivity index (χ2n) is 5.99. The fourth-order valence-corrected chi connectivity index (χ4v) is 3.49. The lowest BCUT2D eigenvalue weighted by Gasteiger charge is -2.40. The van der Waals surface area contributed by atoms with Crippen LogP contribution in [0.5, 0.6) is 0 Å². The molecule has 2 aromatic rings. The molecule has 1 aromatic heterocycles. The van der Waals surface area contributed by atoms with Gasteiger partial charge < -0.3 is 20.5 Å². The Morgan fingerprint density at radius 1 is 1.27 bits per heavy atom. The second kappa shape index (κ2) is 5.14. The number of para-hydroxylation sites is 1. The van der Waals surface area contributed by atoms with E-state index in [1.165, 1.54) is 0 Å². The summed E-state index contributed by atoms with van der Waals surface area (Å²) in [5.41, 5.74) is 2.12. The van der Waals surface area contributed by atoms with E-state index in [1.54, 1.807) is 4.90 Å². The fraction of sp³-hybridized carbons (Fsp3) is 0.375. The third kappa shape index (κ3) is 2.07. The van der Waals surface area contributed by atoms with Crippen LogP contribution in [0.25, 0.3) is 10.9 Å². The van der Waals surface area contributed by atoms with Crippen LogP contribution in [-0.4, -0.2) is 53.4 Å². The molecule has 22 heavy (non-hydrogen) atoms. The molecule has 0 spiro atoms. The Balaban J connectivity index is 1.60. The third-order valence-corrected chi connectivity index (χ3v) is 4.64. The summed E-state index contributed by atoms with van der Waals surface area (Å²) < 4.78 is 0. The van der Waals surface area contributed by atoms with Crippen molar-refractivity contribution >= 4 is 22.7 Å². The molecule has 0 bridgehead atoms. The number of carbonyl (C=O) groups is 2. The van der Waals surface area contributed by atoms with Crippen molar-refractivity contribution in [1.29, 1.82) is 0 Å². The van der Waals surface area contributed by atoms with Crippen LogP contribution in [0.3, 0.4) is 0 Å². The van der Waals surface area contributed by atoms with E-state index in [0.29, 0.717) is 19.5 Å². The lowest BCUT2D eigenvalue weighted by molar-refractivity contribution is -0.665. The summed E-state index contributed by atoms with van der Waals surface area (Å²) in [5, 5.41) is 6.11. The Morgan fingerprint density at radius 2 is 2.14 bits per heavy atom. The number of hydrogen-bond acceptors (Lipinski definition) is 2. The van der Waals surface area contributed by atoms with Crippen molar-refractivity contribution in [1.82, 2.24) is 15.2 Å². The lowest BCUT2D eigenvalue weighted by atomic mass is 9.99. The molecule has 3 heterocycles. The molecule has 0 aliphatic carbocycles. The molecule has 2 saturated heterocycles. The molecule has 6 heteroatoms. The number of amides is 2. The van der Waals surface area contributed by atoms with Gasteiger partial charge in [-0.15, -0.1) is 0 Å². The Bertz CT molecular complexity index is 739. The lowest BCUT2D eigenvalue weighted by Crippen LogP contribution is -2.94. The van der Waals surface area contributed by atoms with Crippen molar-refractivity contribution < 1.29 is 14.9 Å². The maximum absolute atomic E-state index is 12.7. The van der Waals surface area contributed by atoms with Gasteiger partial charge >= 0.3 is 0 Å². The molecule has 114 valence electrons. The molecule has 4 N–H and O–H groups in total. The Morgan fingerprint density at radius 3 is 3.05 bits per heavy atom. The zero-order valence-electron chi connectivity index (χ0n) is 12.2. The van der Waals surface area contributed by atoms with Crippen LogP contribution >= 0.6 is 0 Å². The number of nitrogens with two attached hydrogens (primary N) is 1. The molecule has 6 nitrogen and oxygen atoms in total. The highest BCUT2D eigenvalue weighted by Crippen LogP contribution is 2.21. The van der Waals surface area contributed by atoms with Crippen molar-refractivity contribution in [3.63, 3.8) is 0 Å². The van der Waals surface area contributed by atoms with E-state index in [4.69, 9.17) is 0 Å². The molecule has 1 aromatic carbocycles. The van der Waals surface area contributed by atoms with Gasteiger partial charge in [-0.05, 0) is 11.6 Å². The number of rotatable bonds is 2. The summed E-state index contributed by atoms with van der Waals surface area (Å²) in [6, 6.07) is 7.25. The van der Waals surface area contributed by atoms with Crippen molar-refractivity contribution in [3.8, 4) is 0 Å². The van der Waals surface area contributed by atoms with Crippen LogP contribution in [0.4, 0.5) is 0 Å². The highest BCUT2D eigenvalue weighted by molar-refractivity contribution is 5.97. The van der Waals surface area contributed by atoms with Gasteiger partial charge in [0.25, 0.3) is 0 Å². The maximum Gasteiger partial charge on any atom is 0.249 e. The third-order valence-electron chi connectivity index (χ3n) is 4.64. The number of carbonyl (C=O) groups excluding carboxylic acids is 2. The van der Waals surface area contributed by atoms with E-state index in [9.17, 15) is 9.59 Å². The first-order chi connectivity index (χ1) is 10.7. The minimum absolute atomic E-state index is 0.0274. The monoisotopic (exact) mass is 299 g/mol. The average molecular weight is 299 g/mol. The number of piperazine rings is 2. The summed E-state index contributed by atoms with van der Waals surface area (Å²) in [4.78, 5) is 29.9. The van der Waals surface area contributed by atoms with Gasteiger partial charge in [-0.25, -0.2) is 0 Å². The number of H-pyrrole nitrogens is 1. The van der Waals surface area contributed by atoms with E-state index in [0.717, 1.165) is 23.0 Å². The average Bonchev–Trinajstić information content (AvgIpc) is 2.96. The molecule has 0 unspecified atom stereocenters. The number of fused-ring (bicyclic) bond motifs is 2. The first-order valence-corrected chi connectivity index (χ1v) is 7.71. The van der Waals surface area contributed by atoms with E-state index in [1.807, 2.05) is 30.5 Å². The van der Waals surface area contributed by atoms with Gasteiger partial charge in [-0.1, -0.05) is 18.2 Å². The number of quaternary nitrogens is 1. The molecular weight excluding hydrogens is 280 g/mol. The second-order valence-corrected chi connectivity index (χ2v) is 5.99. The van der Waals surface area contributed by atoms with Crippen LogP contribution < -0.4 is 10.6 Å². The van der Waals surface area contributed by atoms with Gasteiger partial charge in [-0.2, -0.15) is 0 Å². The van der Waals surface area contributed by atoms with Crippen molar-refractivity contribution in [2.75, 3.05) is 19.6 Å². The van der Waals surface area contributed by atoms with Crippen molar-refractivity contribution in [3.05, 3.63) is 36.0 Å². The van der Waals surface area contributed by atoms with Crippen molar-refractivity contribution in [2.24, 2.45) is 0 Å². The molecule has 2 aliphatic rings. The number of nitrogens with zero attached hydrogens (tertiary/aromatic N) is 1. The summed E-state index contributed by atoms with van der Waals surface area (Å²) >= 11 is 0. The quantitative estimate of drug-likeness (QED) is 0.664. The van der Waals surface area contributed by atoms with E-state index in [-0.39, 0.29) is 17.9 Å². The van der Waals surface area contributed by atoms with E-state index in [2.05, 4.69) is 15.6 Å². The molecule has 2 atom stereocenters. The normalized spacial score (nSPS) is 25.2. The van der Waals surface area contributed by atoms with Crippen LogP contribution in [0.1, 0.15) is 5.56 Å². The minimum atomic E-state index is -0.457. The first kappa shape index (κ1) is 13.3. The van der Waals surface area contributed by atoms with E-state index >= 15 is 0 Å². The first-order valence-electron chi connectivity index (χ1n) is 7.71. The van der Waals surface area contributed by atoms with Crippen LogP contribution in [-0.2, 0) is 16.0 Å².